The topological polar surface area (TPSA) is 84.8 Å². The van der Waals surface area contributed by atoms with Crippen molar-refractivity contribution >= 4 is 21.6 Å². The fourth-order valence-corrected chi connectivity index (χ4v) is 1.71. The third-order valence-electron chi connectivity index (χ3n) is 2.11. The number of aromatic nitrogens is 2. The van der Waals surface area contributed by atoms with Crippen LogP contribution in [0.15, 0.2) is 35.1 Å². The van der Waals surface area contributed by atoms with Gasteiger partial charge in [-0.1, -0.05) is 0 Å². The van der Waals surface area contributed by atoms with Crippen LogP contribution in [-0.2, 0) is 0 Å². The molecule has 0 N–H and O–H groups in total. The van der Waals surface area contributed by atoms with Gasteiger partial charge in [-0.2, -0.15) is 10.4 Å². The zero-order valence-electron chi connectivity index (χ0n) is 8.37. The summed E-state index contributed by atoms with van der Waals surface area (Å²) in [5.41, 5.74) is 1.07. The Hall–Kier alpha value is -2.20. The van der Waals surface area contributed by atoms with Gasteiger partial charge in [0.2, 0.25) is 4.60 Å². The van der Waals surface area contributed by atoms with Gasteiger partial charge in [0.15, 0.2) is 0 Å². The summed E-state index contributed by atoms with van der Waals surface area (Å²) in [6.45, 7) is 0. The molecule has 0 radical (unpaired) electrons. The molecule has 0 fully saturated rings. The highest BCUT2D eigenvalue weighted by Crippen LogP contribution is 2.24. The second-order valence-electron chi connectivity index (χ2n) is 3.17. The molecule has 6 nitrogen and oxygen atoms in total. The van der Waals surface area contributed by atoms with Crippen LogP contribution in [0.5, 0.6) is 0 Å². The monoisotopic (exact) mass is 292 g/mol. The summed E-state index contributed by atoms with van der Waals surface area (Å²) >= 11 is 3.02. The van der Waals surface area contributed by atoms with E-state index in [1.807, 2.05) is 6.07 Å². The predicted molar refractivity (Wildman–Crippen MR) is 62.6 cm³/mol. The molecule has 0 aliphatic rings. The normalized spacial score (nSPS) is 9.88. The van der Waals surface area contributed by atoms with Gasteiger partial charge in [0.1, 0.15) is 6.20 Å². The van der Waals surface area contributed by atoms with Gasteiger partial charge in [-0.15, -0.1) is 0 Å². The Balaban J connectivity index is 2.43. The number of benzene rings is 1. The van der Waals surface area contributed by atoms with E-state index in [-0.39, 0.29) is 10.3 Å². The quantitative estimate of drug-likeness (QED) is 0.628. The van der Waals surface area contributed by atoms with Crippen LogP contribution in [0.1, 0.15) is 5.56 Å². The zero-order valence-corrected chi connectivity index (χ0v) is 9.96. The second-order valence-corrected chi connectivity index (χ2v) is 3.92. The van der Waals surface area contributed by atoms with Crippen LogP contribution in [0.2, 0.25) is 0 Å². The van der Waals surface area contributed by atoms with Crippen molar-refractivity contribution in [2.24, 2.45) is 0 Å². The van der Waals surface area contributed by atoms with E-state index in [1.54, 1.807) is 24.3 Å². The standard InChI is InChI=1S/C10H5BrN4O2/c11-10-9(15(16)17)6-14(13-10)8-3-1-7(5-12)2-4-8/h1-4,6H. The Kier molecular flexibility index (Phi) is 2.89. The van der Waals surface area contributed by atoms with E-state index < -0.39 is 4.92 Å². The van der Waals surface area contributed by atoms with Gasteiger partial charge in [-0.25, -0.2) is 4.68 Å². The number of nitriles is 1. The molecular formula is C10H5BrN4O2. The molecule has 0 saturated heterocycles. The van der Waals surface area contributed by atoms with Crippen molar-refractivity contribution in [2.75, 3.05) is 0 Å². The lowest BCUT2D eigenvalue weighted by molar-refractivity contribution is -0.385. The molecule has 7 heteroatoms. The molecule has 2 rings (SSSR count). The van der Waals surface area contributed by atoms with E-state index in [4.69, 9.17) is 5.26 Å². The molecule has 0 saturated carbocycles. The maximum absolute atomic E-state index is 10.6. The molecule has 0 spiro atoms. The van der Waals surface area contributed by atoms with Crippen molar-refractivity contribution < 1.29 is 4.92 Å². The van der Waals surface area contributed by atoms with Gasteiger partial charge in [0, 0.05) is 0 Å². The fourth-order valence-electron chi connectivity index (χ4n) is 1.29. The van der Waals surface area contributed by atoms with Gasteiger partial charge in [-0.05, 0) is 40.2 Å². The van der Waals surface area contributed by atoms with Gasteiger partial charge in [0.05, 0.1) is 22.2 Å². The maximum Gasteiger partial charge on any atom is 0.321 e. The summed E-state index contributed by atoms with van der Waals surface area (Å²) in [7, 11) is 0. The van der Waals surface area contributed by atoms with Gasteiger partial charge < -0.3 is 0 Å². The molecule has 17 heavy (non-hydrogen) atoms. The molecule has 2 aromatic rings. The Morgan fingerprint density at radius 2 is 2.06 bits per heavy atom. The largest absolute Gasteiger partial charge is 0.321 e. The van der Waals surface area contributed by atoms with E-state index >= 15 is 0 Å². The third kappa shape index (κ3) is 2.16. The summed E-state index contributed by atoms with van der Waals surface area (Å²) in [6.07, 6.45) is 1.31. The van der Waals surface area contributed by atoms with Crippen LogP contribution in [-0.4, -0.2) is 14.7 Å². The van der Waals surface area contributed by atoms with Crippen LogP contribution in [0.25, 0.3) is 5.69 Å². The van der Waals surface area contributed by atoms with Crippen LogP contribution in [0.3, 0.4) is 0 Å². The van der Waals surface area contributed by atoms with Gasteiger partial charge in [0.25, 0.3) is 0 Å². The minimum atomic E-state index is -0.517. The van der Waals surface area contributed by atoms with Crippen molar-refractivity contribution in [3.05, 3.63) is 50.7 Å². The van der Waals surface area contributed by atoms with Crippen molar-refractivity contribution in [1.29, 1.82) is 5.26 Å². The lowest BCUT2D eigenvalue weighted by Crippen LogP contribution is -1.94. The first kappa shape index (κ1) is 11.3. The second kappa shape index (κ2) is 4.35. The summed E-state index contributed by atoms with van der Waals surface area (Å²) in [5, 5.41) is 23.3. The number of hydrogen-bond acceptors (Lipinski definition) is 4. The predicted octanol–water partition coefficient (Wildman–Crippen LogP) is 2.41. The number of halogens is 1. The summed E-state index contributed by atoms with van der Waals surface area (Å²) < 4.78 is 1.55. The highest BCUT2D eigenvalue weighted by atomic mass is 79.9. The molecule has 1 heterocycles. The summed E-state index contributed by atoms with van der Waals surface area (Å²) in [5.74, 6) is 0. The highest BCUT2D eigenvalue weighted by molar-refractivity contribution is 9.10. The average molecular weight is 293 g/mol. The van der Waals surface area contributed by atoms with Crippen LogP contribution in [0, 0.1) is 21.4 Å². The first-order valence-corrected chi connectivity index (χ1v) is 5.31. The number of hydrogen-bond donors (Lipinski definition) is 0. The maximum atomic E-state index is 10.6. The van der Waals surface area contributed by atoms with E-state index in [2.05, 4.69) is 21.0 Å². The minimum absolute atomic E-state index is 0.102. The van der Waals surface area contributed by atoms with Crippen LogP contribution < -0.4 is 0 Å². The molecule has 0 atom stereocenters. The van der Waals surface area contributed by atoms with Crippen LogP contribution in [0.4, 0.5) is 5.69 Å². The first-order chi connectivity index (χ1) is 8.11. The summed E-state index contributed by atoms with van der Waals surface area (Å²) in [4.78, 5) is 10.1. The molecule has 0 amide bonds. The Bertz CT molecular complexity index is 612. The molecule has 0 aliphatic carbocycles. The van der Waals surface area contributed by atoms with Gasteiger partial charge in [-0.3, -0.25) is 10.1 Å². The fraction of sp³-hybridized carbons (Fsp3) is 0. The molecule has 84 valence electrons. The third-order valence-corrected chi connectivity index (χ3v) is 2.67. The lowest BCUT2D eigenvalue weighted by Gasteiger charge is -1.98. The number of nitrogens with zero attached hydrogens (tertiary/aromatic N) is 4. The molecule has 1 aromatic heterocycles. The summed E-state index contributed by atoms with van der Waals surface area (Å²) in [6, 6.07) is 8.57. The van der Waals surface area contributed by atoms with Crippen molar-refractivity contribution in [3.63, 3.8) is 0 Å². The minimum Gasteiger partial charge on any atom is -0.258 e. The van der Waals surface area contributed by atoms with Crippen LogP contribution >= 0.6 is 15.9 Å². The molecule has 0 aliphatic heterocycles. The molecular weight excluding hydrogens is 288 g/mol. The molecule has 0 unspecified atom stereocenters. The first-order valence-electron chi connectivity index (χ1n) is 4.52. The molecule has 1 aromatic carbocycles. The van der Waals surface area contributed by atoms with E-state index in [0.29, 0.717) is 11.3 Å². The Morgan fingerprint density at radius 3 is 2.53 bits per heavy atom. The Labute approximate surface area is 104 Å². The highest BCUT2D eigenvalue weighted by Gasteiger charge is 2.17. The van der Waals surface area contributed by atoms with E-state index in [1.165, 1.54) is 10.9 Å². The lowest BCUT2D eigenvalue weighted by atomic mass is 10.2. The zero-order chi connectivity index (χ0) is 12.4. The van der Waals surface area contributed by atoms with Crippen molar-refractivity contribution in [1.82, 2.24) is 9.78 Å². The van der Waals surface area contributed by atoms with Gasteiger partial charge >= 0.3 is 5.69 Å². The smallest absolute Gasteiger partial charge is 0.258 e. The number of nitro groups is 1. The van der Waals surface area contributed by atoms with Crippen molar-refractivity contribution in [3.8, 4) is 11.8 Å². The number of rotatable bonds is 2. The molecule has 0 bridgehead atoms. The van der Waals surface area contributed by atoms with Crippen molar-refractivity contribution in [2.45, 2.75) is 0 Å². The SMILES string of the molecule is N#Cc1ccc(-n2cc([N+](=O)[O-])c(Br)n2)cc1. The van der Waals surface area contributed by atoms with E-state index in [0.717, 1.165) is 0 Å². The van der Waals surface area contributed by atoms with E-state index in [9.17, 15) is 10.1 Å². The Morgan fingerprint density at radius 1 is 1.41 bits per heavy atom. The average Bonchev–Trinajstić information content (AvgIpc) is 2.71.